The van der Waals surface area contributed by atoms with E-state index in [9.17, 15) is 0 Å². The highest BCUT2D eigenvalue weighted by Gasteiger charge is 1.95. The fraction of sp³-hybridized carbons (Fsp3) is 0.111. The van der Waals surface area contributed by atoms with E-state index >= 15 is 0 Å². The molecule has 0 aliphatic rings. The van der Waals surface area contributed by atoms with Crippen LogP contribution in [0.5, 0.6) is 5.75 Å². The Labute approximate surface area is 71.1 Å². The molecule has 0 spiro atoms. The van der Waals surface area contributed by atoms with E-state index in [2.05, 4.69) is 16.7 Å². The molecule has 0 aromatic heterocycles. The van der Waals surface area contributed by atoms with Crippen molar-refractivity contribution in [1.29, 1.82) is 0 Å². The van der Waals surface area contributed by atoms with Crippen LogP contribution in [0, 0.1) is 6.92 Å². The van der Waals surface area contributed by atoms with Gasteiger partial charge in [-0.25, -0.2) is 4.99 Å². The van der Waals surface area contributed by atoms with Crippen molar-refractivity contribution in [2.45, 2.75) is 6.92 Å². The molecular weight excluding hydrogens is 152 g/mol. The standard InChI is InChI=1S/C9H10N2O/c1-7-3-4-8(12)5-9(7)11-6-10-2/h3-6,12H,2H2,1H3. The molecule has 0 saturated heterocycles. The van der Waals surface area contributed by atoms with Gasteiger partial charge in [-0.3, -0.25) is 4.99 Å². The Bertz CT molecular complexity index is 318. The van der Waals surface area contributed by atoms with E-state index in [1.54, 1.807) is 18.2 Å². The van der Waals surface area contributed by atoms with Gasteiger partial charge in [0.2, 0.25) is 0 Å². The average molecular weight is 162 g/mol. The Kier molecular flexibility index (Phi) is 2.58. The summed E-state index contributed by atoms with van der Waals surface area (Å²) in [6.45, 7) is 5.18. The number of hydrogen-bond donors (Lipinski definition) is 1. The Balaban J connectivity index is 3.04. The number of rotatable bonds is 2. The van der Waals surface area contributed by atoms with E-state index < -0.39 is 0 Å². The lowest BCUT2D eigenvalue weighted by molar-refractivity contribution is 0.475. The van der Waals surface area contributed by atoms with Gasteiger partial charge in [0.1, 0.15) is 12.1 Å². The molecule has 0 saturated carbocycles. The fourth-order valence-electron chi connectivity index (χ4n) is 0.840. The lowest BCUT2D eigenvalue weighted by Crippen LogP contribution is -1.74. The van der Waals surface area contributed by atoms with Crippen LogP contribution in [0.4, 0.5) is 5.69 Å². The van der Waals surface area contributed by atoms with E-state index in [0.29, 0.717) is 5.69 Å². The Morgan fingerprint density at radius 3 is 2.92 bits per heavy atom. The summed E-state index contributed by atoms with van der Waals surface area (Å²) in [5.41, 5.74) is 1.70. The van der Waals surface area contributed by atoms with Gasteiger partial charge in [-0.1, -0.05) is 6.07 Å². The van der Waals surface area contributed by atoms with Gasteiger partial charge in [-0.15, -0.1) is 0 Å². The van der Waals surface area contributed by atoms with E-state index in [4.69, 9.17) is 5.11 Å². The number of phenols is 1. The van der Waals surface area contributed by atoms with E-state index in [1.807, 2.05) is 6.92 Å². The lowest BCUT2D eigenvalue weighted by Gasteiger charge is -1.98. The lowest BCUT2D eigenvalue weighted by atomic mass is 10.2. The van der Waals surface area contributed by atoms with Gasteiger partial charge in [-0.05, 0) is 25.3 Å². The Morgan fingerprint density at radius 2 is 2.25 bits per heavy atom. The van der Waals surface area contributed by atoms with Crippen LogP contribution in [0.1, 0.15) is 5.56 Å². The SMILES string of the molecule is C=NC=Nc1cc(O)ccc1C. The second-order valence-electron chi connectivity index (χ2n) is 2.40. The van der Waals surface area contributed by atoms with Crippen LogP contribution < -0.4 is 0 Å². The summed E-state index contributed by atoms with van der Waals surface area (Å²) in [6, 6.07) is 5.00. The summed E-state index contributed by atoms with van der Waals surface area (Å²) in [4.78, 5) is 7.45. The van der Waals surface area contributed by atoms with Gasteiger partial charge in [0.15, 0.2) is 0 Å². The summed E-state index contributed by atoms with van der Waals surface area (Å²) in [6.07, 6.45) is 1.35. The van der Waals surface area contributed by atoms with Gasteiger partial charge in [0, 0.05) is 6.07 Å². The first-order valence-corrected chi connectivity index (χ1v) is 3.52. The third-order valence-electron chi connectivity index (χ3n) is 1.47. The van der Waals surface area contributed by atoms with Crippen molar-refractivity contribution in [1.82, 2.24) is 0 Å². The van der Waals surface area contributed by atoms with Gasteiger partial charge >= 0.3 is 0 Å². The molecule has 0 atom stereocenters. The van der Waals surface area contributed by atoms with Crippen LogP contribution in [0.15, 0.2) is 28.2 Å². The van der Waals surface area contributed by atoms with Crippen LogP contribution in [-0.2, 0) is 0 Å². The Morgan fingerprint density at radius 1 is 1.50 bits per heavy atom. The summed E-state index contributed by atoms with van der Waals surface area (Å²) in [7, 11) is 0. The minimum Gasteiger partial charge on any atom is -0.508 e. The van der Waals surface area contributed by atoms with Gasteiger partial charge in [0.25, 0.3) is 0 Å². The maximum Gasteiger partial charge on any atom is 0.117 e. The number of aryl methyl sites for hydroxylation is 1. The van der Waals surface area contributed by atoms with Crippen molar-refractivity contribution >= 4 is 18.7 Å². The average Bonchev–Trinajstić information content (AvgIpc) is 2.07. The second-order valence-corrected chi connectivity index (χ2v) is 2.40. The predicted molar refractivity (Wildman–Crippen MR) is 50.5 cm³/mol. The molecule has 0 heterocycles. The molecule has 1 aromatic rings. The quantitative estimate of drug-likeness (QED) is 0.525. The molecule has 1 rings (SSSR count). The molecular formula is C9H10N2O. The highest BCUT2D eigenvalue weighted by Crippen LogP contribution is 2.22. The maximum absolute atomic E-state index is 9.12. The molecule has 12 heavy (non-hydrogen) atoms. The number of aliphatic imine (C=N–C) groups is 2. The highest BCUT2D eigenvalue weighted by molar-refractivity contribution is 5.67. The first-order chi connectivity index (χ1) is 5.74. The van der Waals surface area contributed by atoms with Crippen molar-refractivity contribution in [3.05, 3.63) is 23.8 Å². The van der Waals surface area contributed by atoms with Crippen LogP contribution in [0.25, 0.3) is 0 Å². The molecule has 0 radical (unpaired) electrons. The summed E-state index contributed by atoms with van der Waals surface area (Å²) < 4.78 is 0. The van der Waals surface area contributed by atoms with E-state index in [-0.39, 0.29) is 5.75 Å². The smallest absolute Gasteiger partial charge is 0.117 e. The maximum atomic E-state index is 9.12. The summed E-state index contributed by atoms with van der Waals surface area (Å²) >= 11 is 0. The number of nitrogens with zero attached hydrogens (tertiary/aromatic N) is 2. The number of aromatic hydroxyl groups is 1. The first kappa shape index (κ1) is 8.46. The van der Waals surface area contributed by atoms with Crippen LogP contribution in [0.3, 0.4) is 0 Å². The van der Waals surface area contributed by atoms with Crippen LogP contribution in [-0.4, -0.2) is 18.2 Å². The van der Waals surface area contributed by atoms with E-state index in [0.717, 1.165) is 5.56 Å². The second kappa shape index (κ2) is 3.67. The van der Waals surface area contributed by atoms with Crippen molar-refractivity contribution in [3.8, 4) is 5.75 Å². The van der Waals surface area contributed by atoms with Crippen molar-refractivity contribution in [2.24, 2.45) is 9.98 Å². The zero-order chi connectivity index (χ0) is 8.97. The fourth-order valence-corrected chi connectivity index (χ4v) is 0.840. The predicted octanol–water partition coefficient (Wildman–Crippen LogP) is 2.06. The third kappa shape index (κ3) is 1.92. The zero-order valence-electron chi connectivity index (χ0n) is 6.86. The topological polar surface area (TPSA) is 45.0 Å². The first-order valence-electron chi connectivity index (χ1n) is 3.52. The van der Waals surface area contributed by atoms with Crippen molar-refractivity contribution < 1.29 is 5.11 Å². The molecule has 62 valence electrons. The van der Waals surface area contributed by atoms with Crippen LogP contribution >= 0.6 is 0 Å². The van der Waals surface area contributed by atoms with E-state index in [1.165, 1.54) is 6.34 Å². The molecule has 0 aliphatic heterocycles. The monoisotopic (exact) mass is 162 g/mol. The molecule has 1 aromatic carbocycles. The molecule has 0 fully saturated rings. The minimum absolute atomic E-state index is 0.205. The molecule has 0 amide bonds. The largest absolute Gasteiger partial charge is 0.508 e. The number of phenolic OH excluding ortho intramolecular Hbond substituents is 1. The molecule has 0 bridgehead atoms. The van der Waals surface area contributed by atoms with Crippen LogP contribution in [0.2, 0.25) is 0 Å². The van der Waals surface area contributed by atoms with Crippen molar-refractivity contribution in [3.63, 3.8) is 0 Å². The molecule has 3 heteroatoms. The third-order valence-corrected chi connectivity index (χ3v) is 1.47. The normalized spacial score (nSPS) is 10.4. The summed E-state index contributed by atoms with van der Waals surface area (Å²) in [5.74, 6) is 0.205. The molecule has 0 aliphatic carbocycles. The highest BCUT2D eigenvalue weighted by atomic mass is 16.3. The van der Waals surface area contributed by atoms with Gasteiger partial charge in [-0.2, -0.15) is 0 Å². The molecule has 3 nitrogen and oxygen atoms in total. The summed E-state index contributed by atoms with van der Waals surface area (Å²) in [5, 5.41) is 9.12. The number of hydrogen-bond acceptors (Lipinski definition) is 2. The zero-order valence-corrected chi connectivity index (χ0v) is 6.86. The van der Waals surface area contributed by atoms with Gasteiger partial charge in [0.05, 0.1) is 5.69 Å². The Hall–Kier alpha value is -1.64. The van der Waals surface area contributed by atoms with Crippen molar-refractivity contribution in [2.75, 3.05) is 0 Å². The minimum atomic E-state index is 0.205. The van der Waals surface area contributed by atoms with Gasteiger partial charge < -0.3 is 5.11 Å². The molecule has 1 N–H and O–H groups in total. The number of benzene rings is 1. The molecule has 0 unspecified atom stereocenters.